The van der Waals surface area contributed by atoms with Crippen LogP contribution in [-0.4, -0.2) is 106 Å². The first-order valence-electron chi connectivity index (χ1n) is 19.0. The summed E-state index contributed by atoms with van der Waals surface area (Å²) in [4.78, 5) is 48.9. The summed E-state index contributed by atoms with van der Waals surface area (Å²) in [7, 11) is 1.28. The van der Waals surface area contributed by atoms with Crippen molar-refractivity contribution in [2.45, 2.75) is 63.1 Å². The van der Waals surface area contributed by atoms with E-state index in [1.165, 1.54) is 12.7 Å². The molecular weight excluding hydrogens is 709 g/mol. The molecule has 10 rings (SSSR count). The van der Waals surface area contributed by atoms with Gasteiger partial charge in [0.05, 0.1) is 22.4 Å². The summed E-state index contributed by atoms with van der Waals surface area (Å²) in [6, 6.07) is 24.2. The molecule has 8 heterocycles. The van der Waals surface area contributed by atoms with E-state index >= 15 is 0 Å². The summed E-state index contributed by atoms with van der Waals surface area (Å²) >= 11 is 0. The number of pyridine rings is 2. The Hall–Kier alpha value is -6.31. The quantitative estimate of drug-likeness (QED) is 0.208. The molecule has 14 nitrogen and oxygen atoms in total. The van der Waals surface area contributed by atoms with Crippen LogP contribution in [0.2, 0.25) is 0 Å². The number of carbonyl (C=O) groups excluding carboxylic acids is 2. The van der Waals surface area contributed by atoms with E-state index < -0.39 is 12.1 Å². The van der Waals surface area contributed by atoms with Gasteiger partial charge >= 0.3 is 18.2 Å². The maximum Gasteiger partial charge on any atom is 0.415 e. The Kier molecular flexibility index (Phi) is 8.15. The highest BCUT2D eigenvalue weighted by molar-refractivity contribution is 5.90. The lowest BCUT2D eigenvalue weighted by molar-refractivity contribution is 0.0713. The van der Waals surface area contributed by atoms with Crippen molar-refractivity contribution in [3.05, 3.63) is 96.6 Å². The number of rotatable bonds is 2. The van der Waals surface area contributed by atoms with Crippen LogP contribution in [0.1, 0.15) is 45.0 Å². The molecule has 286 valence electrons. The number of urea groups is 2. The fourth-order valence-corrected chi connectivity index (χ4v) is 8.61. The highest BCUT2D eigenvalue weighted by atomic mass is 16.4. The monoisotopic (exact) mass is 752 g/mol. The number of likely N-dealkylation sites (tertiary alicyclic amines) is 2. The standard InChI is InChI=1S/C22H25N5O.C20H19N5O3/c1-21(2,3)24-20(28)26-13-22(14-26)8-9-27-19(22)11-18(25-27)16-10-15-6-4-5-7-17(15)23-12-16;1-23(19(27)28)18(26)24-11-20(12-24)6-7-25-17(20)9-16(22-25)14-8-13-4-2-3-5-15(13)21-10-14/h4-7,10-12H,8-9,13-14H2,1-3H3,(H,24,28);2-5,8-10H,6-7,11-12H2,1H3,(H,27,28). The van der Waals surface area contributed by atoms with E-state index in [1.54, 1.807) is 4.90 Å². The van der Waals surface area contributed by atoms with Gasteiger partial charge in [0.15, 0.2) is 0 Å². The zero-order valence-electron chi connectivity index (χ0n) is 31.9. The molecule has 14 heteroatoms. The number of aromatic nitrogens is 6. The number of nitrogens with one attached hydrogen (secondary N) is 1. The van der Waals surface area contributed by atoms with Gasteiger partial charge in [-0.25, -0.2) is 19.3 Å². The topological polar surface area (TPSA) is 155 Å². The van der Waals surface area contributed by atoms with Crippen LogP contribution in [0.5, 0.6) is 0 Å². The zero-order chi connectivity index (χ0) is 39.0. The van der Waals surface area contributed by atoms with E-state index in [2.05, 4.69) is 50.3 Å². The minimum Gasteiger partial charge on any atom is -0.465 e. The van der Waals surface area contributed by atoms with E-state index in [9.17, 15) is 14.4 Å². The van der Waals surface area contributed by atoms with Crippen LogP contribution in [0.15, 0.2) is 85.2 Å². The number of hydrogen-bond acceptors (Lipinski definition) is 7. The minimum absolute atomic E-state index is 0.0232. The minimum atomic E-state index is -1.24. The van der Waals surface area contributed by atoms with Crippen molar-refractivity contribution in [2.75, 3.05) is 33.2 Å². The smallest absolute Gasteiger partial charge is 0.415 e. The van der Waals surface area contributed by atoms with Gasteiger partial charge in [0.1, 0.15) is 0 Å². The first-order chi connectivity index (χ1) is 26.8. The molecule has 4 aromatic heterocycles. The first-order valence-corrected chi connectivity index (χ1v) is 19.0. The van der Waals surface area contributed by atoms with Gasteiger partial charge in [0, 0.05) is 108 Å². The number of carbonyl (C=O) groups is 3. The number of hydrogen-bond donors (Lipinski definition) is 2. The van der Waals surface area contributed by atoms with Gasteiger partial charge in [-0.1, -0.05) is 36.4 Å². The Morgan fingerprint density at radius 3 is 1.64 bits per heavy atom. The number of amides is 5. The molecule has 5 amide bonds. The molecule has 56 heavy (non-hydrogen) atoms. The Morgan fingerprint density at radius 2 is 1.18 bits per heavy atom. The maximum atomic E-state index is 12.4. The molecule has 0 unspecified atom stereocenters. The lowest BCUT2D eigenvalue weighted by atomic mass is 9.76. The number of imide groups is 1. The van der Waals surface area contributed by atoms with Gasteiger partial charge < -0.3 is 20.2 Å². The molecular formula is C42H44N10O4. The van der Waals surface area contributed by atoms with Crippen LogP contribution in [-0.2, 0) is 23.9 Å². The number of nitrogens with zero attached hydrogens (tertiary/aromatic N) is 9. The van der Waals surface area contributed by atoms with Crippen molar-refractivity contribution < 1.29 is 19.5 Å². The number of para-hydroxylation sites is 2. The second kappa shape index (κ2) is 12.9. The average molecular weight is 753 g/mol. The van der Waals surface area contributed by atoms with Gasteiger partial charge in [-0.2, -0.15) is 10.2 Å². The van der Waals surface area contributed by atoms with Gasteiger partial charge in [-0.3, -0.25) is 19.3 Å². The summed E-state index contributed by atoms with van der Waals surface area (Å²) in [6.07, 6.45) is 4.45. The summed E-state index contributed by atoms with van der Waals surface area (Å²) in [5, 5.41) is 23.8. The van der Waals surface area contributed by atoms with E-state index in [1.807, 2.05) is 85.2 Å². The molecule has 0 radical (unpaired) electrons. The van der Waals surface area contributed by atoms with E-state index in [-0.39, 0.29) is 22.4 Å². The predicted molar refractivity (Wildman–Crippen MR) is 211 cm³/mol. The van der Waals surface area contributed by atoms with Crippen molar-refractivity contribution in [1.82, 2.24) is 49.5 Å². The third-order valence-corrected chi connectivity index (χ3v) is 11.6. The second-order valence-corrected chi connectivity index (χ2v) is 16.7. The third kappa shape index (κ3) is 6.09. The first kappa shape index (κ1) is 35.4. The third-order valence-electron chi connectivity index (χ3n) is 11.6. The Bertz CT molecular complexity index is 2540. The number of carboxylic acid groups (broad SMARTS) is 1. The molecule has 2 N–H and O–H groups in total. The zero-order valence-corrected chi connectivity index (χ0v) is 31.9. The average Bonchev–Trinajstić information content (AvgIpc) is 3.93. The molecule has 0 bridgehead atoms. The molecule has 4 aliphatic heterocycles. The van der Waals surface area contributed by atoms with Crippen molar-refractivity contribution in [3.8, 4) is 22.5 Å². The molecule has 6 aromatic rings. The fraction of sp³-hybridized carbons (Fsp3) is 0.357. The van der Waals surface area contributed by atoms with Crippen LogP contribution in [0.3, 0.4) is 0 Å². The van der Waals surface area contributed by atoms with Gasteiger partial charge in [0.2, 0.25) is 0 Å². The van der Waals surface area contributed by atoms with E-state index in [4.69, 9.17) is 15.3 Å². The van der Waals surface area contributed by atoms with Crippen LogP contribution >= 0.6 is 0 Å². The van der Waals surface area contributed by atoms with Crippen molar-refractivity contribution in [3.63, 3.8) is 0 Å². The number of benzene rings is 2. The lowest BCUT2D eigenvalue weighted by Crippen LogP contribution is -2.64. The fourth-order valence-electron chi connectivity index (χ4n) is 8.61. The van der Waals surface area contributed by atoms with Crippen LogP contribution < -0.4 is 5.32 Å². The van der Waals surface area contributed by atoms with Crippen LogP contribution in [0, 0.1) is 0 Å². The molecule has 2 fully saturated rings. The lowest BCUT2D eigenvalue weighted by Gasteiger charge is -2.48. The van der Waals surface area contributed by atoms with Crippen molar-refractivity contribution in [2.24, 2.45) is 0 Å². The molecule has 4 aliphatic rings. The molecule has 0 atom stereocenters. The van der Waals surface area contributed by atoms with Crippen molar-refractivity contribution in [1.29, 1.82) is 0 Å². The van der Waals surface area contributed by atoms with Crippen LogP contribution in [0.4, 0.5) is 14.4 Å². The highest BCUT2D eigenvalue weighted by Gasteiger charge is 2.53. The van der Waals surface area contributed by atoms with Gasteiger partial charge in [-0.05, 0) is 70.0 Å². The summed E-state index contributed by atoms with van der Waals surface area (Å²) in [6.45, 7) is 10.3. The Balaban J connectivity index is 0.000000146. The maximum absolute atomic E-state index is 12.4. The SMILES string of the molecule is CC(C)(C)NC(=O)N1CC2(CCn3nc(-c4cnc5ccccc5c4)cc32)C1.CN(C(=O)O)C(=O)N1CC2(CCn3nc(-c4cnc5ccccc5c4)cc32)C1. The Morgan fingerprint density at radius 1 is 0.714 bits per heavy atom. The summed E-state index contributed by atoms with van der Waals surface area (Å²) < 4.78 is 4.12. The summed E-state index contributed by atoms with van der Waals surface area (Å²) in [5.41, 5.74) is 7.84. The van der Waals surface area contributed by atoms with E-state index in [0.717, 1.165) is 93.9 Å². The molecule has 2 saturated heterocycles. The largest absolute Gasteiger partial charge is 0.465 e. The van der Waals surface area contributed by atoms with Gasteiger partial charge in [-0.15, -0.1) is 0 Å². The second-order valence-electron chi connectivity index (χ2n) is 16.7. The van der Waals surface area contributed by atoms with Crippen LogP contribution in [0.25, 0.3) is 44.3 Å². The van der Waals surface area contributed by atoms with E-state index in [0.29, 0.717) is 13.1 Å². The van der Waals surface area contributed by atoms with Gasteiger partial charge in [0.25, 0.3) is 0 Å². The Labute approximate surface area is 323 Å². The normalized spacial score (nSPS) is 17.2. The molecule has 2 aromatic carbocycles. The summed E-state index contributed by atoms with van der Waals surface area (Å²) in [5.74, 6) is 0. The molecule has 2 spiro atoms. The highest BCUT2D eigenvalue weighted by Crippen LogP contribution is 2.45. The molecule has 0 saturated carbocycles. The van der Waals surface area contributed by atoms with Crippen molar-refractivity contribution >= 4 is 40.0 Å². The molecule has 0 aliphatic carbocycles. The number of fused-ring (bicyclic) bond motifs is 6. The number of aryl methyl sites for hydroxylation is 2. The predicted octanol–water partition coefficient (Wildman–Crippen LogP) is 6.35.